The SMILES string of the molecule is CCOC(=O)c1ncsc1Nc1cccc2ncccc12. The monoisotopic (exact) mass is 299 g/mol. The van der Waals surface area contributed by atoms with Crippen LogP contribution in [0.15, 0.2) is 42.0 Å². The minimum atomic E-state index is -0.417. The zero-order valence-corrected chi connectivity index (χ0v) is 12.2. The Hall–Kier alpha value is -2.47. The first-order valence-electron chi connectivity index (χ1n) is 6.51. The maximum atomic E-state index is 11.9. The molecule has 0 fully saturated rings. The standard InChI is InChI=1S/C15H13N3O2S/c1-2-20-15(19)13-14(21-9-17-13)18-12-7-3-6-11-10(12)5-4-8-16-11/h3-9,18H,2H2,1H3. The first-order valence-corrected chi connectivity index (χ1v) is 7.39. The number of benzene rings is 1. The summed E-state index contributed by atoms with van der Waals surface area (Å²) in [4.78, 5) is 20.2. The summed E-state index contributed by atoms with van der Waals surface area (Å²) >= 11 is 1.36. The van der Waals surface area contributed by atoms with E-state index in [-0.39, 0.29) is 0 Å². The summed E-state index contributed by atoms with van der Waals surface area (Å²) in [6, 6.07) is 9.67. The van der Waals surface area contributed by atoms with Gasteiger partial charge in [0.1, 0.15) is 5.00 Å². The molecule has 5 nitrogen and oxygen atoms in total. The summed E-state index contributed by atoms with van der Waals surface area (Å²) in [7, 11) is 0. The number of thiazole rings is 1. The summed E-state index contributed by atoms with van der Waals surface area (Å²) in [6.07, 6.45) is 1.75. The lowest BCUT2D eigenvalue weighted by Gasteiger charge is -2.08. The fourth-order valence-corrected chi connectivity index (χ4v) is 2.69. The summed E-state index contributed by atoms with van der Waals surface area (Å²) in [6.45, 7) is 2.10. The Morgan fingerprint density at radius 1 is 1.29 bits per heavy atom. The molecule has 3 rings (SSSR count). The molecule has 0 saturated carbocycles. The Labute approximate surface area is 125 Å². The molecule has 0 radical (unpaired) electrons. The highest BCUT2D eigenvalue weighted by molar-refractivity contribution is 7.14. The van der Waals surface area contributed by atoms with E-state index in [0.717, 1.165) is 16.6 Å². The van der Waals surface area contributed by atoms with Gasteiger partial charge in [0.2, 0.25) is 0 Å². The van der Waals surface area contributed by atoms with E-state index in [0.29, 0.717) is 17.3 Å². The van der Waals surface area contributed by atoms with E-state index in [1.807, 2.05) is 30.3 Å². The molecule has 2 heterocycles. The number of carbonyl (C=O) groups is 1. The third kappa shape index (κ3) is 2.71. The summed E-state index contributed by atoms with van der Waals surface area (Å²) in [5.41, 5.74) is 3.71. The van der Waals surface area contributed by atoms with Crippen molar-refractivity contribution in [2.24, 2.45) is 0 Å². The molecule has 1 N–H and O–H groups in total. The van der Waals surface area contributed by atoms with Gasteiger partial charge in [-0.25, -0.2) is 9.78 Å². The van der Waals surface area contributed by atoms with E-state index >= 15 is 0 Å². The quantitative estimate of drug-likeness (QED) is 0.746. The van der Waals surface area contributed by atoms with Gasteiger partial charge in [-0.1, -0.05) is 6.07 Å². The highest BCUT2D eigenvalue weighted by Crippen LogP contribution is 2.29. The number of nitrogens with zero attached hydrogens (tertiary/aromatic N) is 2. The first kappa shape index (κ1) is 13.5. The lowest BCUT2D eigenvalue weighted by atomic mass is 10.2. The number of ether oxygens (including phenoxy) is 1. The molecule has 0 unspecified atom stereocenters. The average Bonchev–Trinajstić information content (AvgIpc) is 2.96. The normalized spacial score (nSPS) is 10.5. The lowest BCUT2D eigenvalue weighted by Crippen LogP contribution is -2.07. The molecule has 0 saturated heterocycles. The molecule has 0 aliphatic carbocycles. The van der Waals surface area contributed by atoms with E-state index in [1.54, 1.807) is 18.6 Å². The molecule has 106 valence electrons. The average molecular weight is 299 g/mol. The number of nitrogens with one attached hydrogen (secondary N) is 1. The molecular formula is C15H13N3O2S. The number of hydrogen-bond acceptors (Lipinski definition) is 6. The second-order valence-corrected chi connectivity index (χ2v) is 5.11. The van der Waals surface area contributed by atoms with Gasteiger partial charge >= 0.3 is 5.97 Å². The van der Waals surface area contributed by atoms with Gasteiger partial charge in [-0.3, -0.25) is 4.98 Å². The molecule has 21 heavy (non-hydrogen) atoms. The minimum Gasteiger partial charge on any atom is -0.461 e. The number of pyridine rings is 1. The van der Waals surface area contributed by atoms with Crippen molar-refractivity contribution in [1.29, 1.82) is 0 Å². The molecule has 0 amide bonds. The summed E-state index contributed by atoms with van der Waals surface area (Å²) < 4.78 is 5.00. The van der Waals surface area contributed by atoms with E-state index in [2.05, 4.69) is 15.3 Å². The molecule has 2 aromatic heterocycles. The summed E-state index contributed by atoms with van der Waals surface area (Å²) in [5, 5.41) is 4.91. The van der Waals surface area contributed by atoms with Crippen LogP contribution in [0.4, 0.5) is 10.7 Å². The maximum Gasteiger partial charge on any atom is 0.360 e. The molecule has 0 atom stereocenters. The fraction of sp³-hybridized carbons (Fsp3) is 0.133. The Morgan fingerprint density at radius 2 is 2.19 bits per heavy atom. The number of carbonyl (C=O) groups excluding carboxylic acids is 1. The third-order valence-electron chi connectivity index (χ3n) is 2.93. The van der Waals surface area contributed by atoms with Crippen molar-refractivity contribution in [2.45, 2.75) is 6.92 Å². The molecular weight excluding hydrogens is 286 g/mol. The van der Waals surface area contributed by atoms with Crippen LogP contribution in [0.2, 0.25) is 0 Å². The van der Waals surface area contributed by atoms with Gasteiger partial charge in [-0.05, 0) is 31.2 Å². The van der Waals surface area contributed by atoms with E-state index in [9.17, 15) is 4.79 Å². The number of anilines is 2. The minimum absolute atomic E-state index is 0.308. The smallest absolute Gasteiger partial charge is 0.360 e. The zero-order valence-electron chi connectivity index (χ0n) is 11.4. The third-order valence-corrected chi connectivity index (χ3v) is 3.67. The van der Waals surface area contributed by atoms with Gasteiger partial charge in [0.25, 0.3) is 0 Å². The number of aromatic nitrogens is 2. The van der Waals surface area contributed by atoms with Crippen LogP contribution in [-0.2, 0) is 4.74 Å². The Bertz CT molecular complexity index is 780. The predicted octanol–water partition coefficient (Wildman–Crippen LogP) is 3.61. The largest absolute Gasteiger partial charge is 0.461 e. The van der Waals surface area contributed by atoms with Crippen molar-refractivity contribution >= 4 is 38.9 Å². The predicted molar refractivity (Wildman–Crippen MR) is 83.1 cm³/mol. The van der Waals surface area contributed by atoms with Crippen LogP contribution in [0.25, 0.3) is 10.9 Å². The van der Waals surface area contributed by atoms with Crippen molar-refractivity contribution in [3.63, 3.8) is 0 Å². The molecule has 0 spiro atoms. The number of fused-ring (bicyclic) bond motifs is 1. The van der Waals surface area contributed by atoms with Crippen LogP contribution in [0.1, 0.15) is 17.4 Å². The van der Waals surface area contributed by atoms with Gasteiger partial charge in [0.05, 0.1) is 17.6 Å². The van der Waals surface area contributed by atoms with E-state index in [4.69, 9.17) is 4.74 Å². The molecule has 1 aromatic carbocycles. The van der Waals surface area contributed by atoms with Crippen molar-refractivity contribution in [3.8, 4) is 0 Å². The van der Waals surface area contributed by atoms with Crippen molar-refractivity contribution in [3.05, 3.63) is 47.7 Å². The van der Waals surface area contributed by atoms with E-state index in [1.165, 1.54) is 11.3 Å². The zero-order chi connectivity index (χ0) is 14.7. The fourth-order valence-electron chi connectivity index (χ4n) is 2.01. The van der Waals surface area contributed by atoms with Gasteiger partial charge in [-0.15, -0.1) is 11.3 Å². The molecule has 3 aromatic rings. The van der Waals surface area contributed by atoms with Crippen molar-refractivity contribution < 1.29 is 9.53 Å². The highest BCUT2D eigenvalue weighted by atomic mass is 32.1. The first-order chi connectivity index (χ1) is 10.3. The van der Waals surface area contributed by atoms with Crippen molar-refractivity contribution in [2.75, 3.05) is 11.9 Å². The van der Waals surface area contributed by atoms with Crippen LogP contribution in [0, 0.1) is 0 Å². The molecule has 6 heteroatoms. The summed E-state index contributed by atoms with van der Waals surface area (Å²) in [5.74, 6) is -0.417. The van der Waals surface area contributed by atoms with Gasteiger partial charge in [0.15, 0.2) is 5.69 Å². The number of rotatable bonds is 4. The van der Waals surface area contributed by atoms with Crippen LogP contribution in [0.5, 0.6) is 0 Å². The number of esters is 1. The molecule has 0 aliphatic rings. The van der Waals surface area contributed by atoms with Crippen molar-refractivity contribution in [1.82, 2.24) is 9.97 Å². The topological polar surface area (TPSA) is 64.1 Å². The maximum absolute atomic E-state index is 11.9. The Morgan fingerprint density at radius 3 is 3.05 bits per heavy atom. The Balaban J connectivity index is 1.96. The second-order valence-electron chi connectivity index (χ2n) is 4.25. The second kappa shape index (κ2) is 5.88. The highest BCUT2D eigenvalue weighted by Gasteiger charge is 2.16. The van der Waals surface area contributed by atoms with Gasteiger partial charge in [-0.2, -0.15) is 0 Å². The Kier molecular flexibility index (Phi) is 3.79. The van der Waals surface area contributed by atoms with Crippen LogP contribution < -0.4 is 5.32 Å². The lowest BCUT2D eigenvalue weighted by molar-refractivity contribution is 0.0521. The molecule has 0 bridgehead atoms. The molecule has 0 aliphatic heterocycles. The van der Waals surface area contributed by atoms with Crippen LogP contribution >= 0.6 is 11.3 Å². The van der Waals surface area contributed by atoms with Gasteiger partial charge < -0.3 is 10.1 Å². The van der Waals surface area contributed by atoms with Gasteiger partial charge in [0, 0.05) is 17.3 Å². The van der Waals surface area contributed by atoms with Crippen LogP contribution in [0.3, 0.4) is 0 Å². The van der Waals surface area contributed by atoms with Crippen LogP contribution in [-0.4, -0.2) is 22.5 Å². The van der Waals surface area contributed by atoms with E-state index < -0.39 is 5.97 Å². The number of hydrogen-bond donors (Lipinski definition) is 1.